The third kappa shape index (κ3) is 3.98. The van der Waals surface area contributed by atoms with Crippen LogP contribution < -0.4 is 5.32 Å². The van der Waals surface area contributed by atoms with E-state index < -0.39 is 5.60 Å². The first kappa shape index (κ1) is 18.3. The van der Waals surface area contributed by atoms with Gasteiger partial charge in [-0.25, -0.2) is 9.97 Å². The van der Waals surface area contributed by atoms with E-state index in [9.17, 15) is 9.59 Å². The molecule has 1 atom stereocenters. The number of esters is 1. The van der Waals surface area contributed by atoms with Gasteiger partial charge in [-0.1, -0.05) is 0 Å². The van der Waals surface area contributed by atoms with Gasteiger partial charge >= 0.3 is 5.97 Å². The molecule has 0 aliphatic carbocycles. The third-order valence-electron chi connectivity index (χ3n) is 5.91. The number of ether oxygens (including phenoxy) is 1. The molecule has 1 aromatic heterocycles. The molecule has 27 heavy (non-hydrogen) atoms. The number of nitrogens with one attached hydrogen (secondary N) is 1. The monoisotopic (exact) mass is 372 g/mol. The molecule has 0 saturated carbocycles. The van der Waals surface area contributed by atoms with Crippen LogP contribution in [0.1, 0.15) is 62.5 Å². The fourth-order valence-corrected chi connectivity index (χ4v) is 4.40. The molecular formula is C20H28N4O3. The SMILES string of the molecule is CC1(C)C[C@H](CC(=O)N2CCC(c3ncc4c(n3)CCNC4)CC2)C(=O)O1. The molecular weight excluding hydrogens is 344 g/mol. The van der Waals surface area contributed by atoms with Crippen LogP contribution >= 0.6 is 0 Å². The minimum atomic E-state index is -0.450. The molecule has 3 aliphatic heterocycles. The fourth-order valence-electron chi connectivity index (χ4n) is 4.40. The van der Waals surface area contributed by atoms with Crippen molar-refractivity contribution in [2.45, 2.75) is 64.0 Å². The number of amides is 1. The van der Waals surface area contributed by atoms with Crippen molar-refractivity contribution in [1.82, 2.24) is 20.2 Å². The standard InChI is InChI=1S/C20H28N4O3/c1-20(2)10-14(19(26)27-20)9-17(25)24-7-4-13(5-8-24)18-22-12-15-11-21-6-3-16(15)23-18/h12-14,21H,3-11H2,1-2H3/t14-/m0/s1. The van der Waals surface area contributed by atoms with E-state index in [1.807, 2.05) is 24.9 Å². The minimum absolute atomic E-state index is 0.0607. The zero-order valence-corrected chi connectivity index (χ0v) is 16.2. The summed E-state index contributed by atoms with van der Waals surface area (Å²) in [4.78, 5) is 35.8. The number of fused-ring (bicyclic) bond motifs is 1. The van der Waals surface area contributed by atoms with Crippen LogP contribution in [0.25, 0.3) is 0 Å². The Hall–Kier alpha value is -2.02. The Labute approximate surface area is 159 Å². The van der Waals surface area contributed by atoms with E-state index in [4.69, 9.17) is 9.72 Å². The normalized spacial score (nSPS) is 25.2. The lowest BCUT2D eigenvalue weighted by molar-refractivity contribution is -0.150. The first-order chi connectivity index (χ1) is 12.9. The number of piperidine rings is 1. The summed E-state index contributed by atoms with van der Waals surface area (Å²) in [6.07, 6.45) is 5.54. The van der Waals surface area contributed by atoms with Crippen LogP contribution in [0.5, 0.6) is 0 Å². The molecule has 4 heterocycles. The van der Waals surface area contributed by atoms with Gasteiger partial charge in [0.1, 0.15) is 11.4 Å². The molecule has 1 amide bonds. The summed E-state index contributed by atoms with van der Waals surface area (Å²) in [5, 5.41) is 3.34. The Morgan fingerprint density at radius 2 is 2.15 bits per heavy atom. The maximum Gasteiger partial charge on any atom is 0.310 e. The van der Waals surface area contributed by atoms with Crippen LogP contribution in [-0.4, -0.2) is 52.0 Å². The molecule has 2 fully saturated rings. The first-order valence-electron chi connectivity index (χ1n) is 9.97. The predicted molar refractivity (Wildman–Crippen MR) is 98.9 cm³/mol. The second-order valence-electron chi connectivity index (χ2n) is 8.57. The summed E-state index contributed by atoms with van der Waals surface area (Å²) in [7, 11) is 0. The van der Waals surface area contributed by atoms with Crippen LogP contribution in [0.3, 0.4) is 0 Å². The van der Waals surface area contributed by atoms with Gasteiger partial charge in [-0.2, -0.15) is 0 Å². The van der Waals surface area contributed by atoms with Crippen molar-refractivity contribution in [2.75, 3.05) is 19.6 Å². The van der Waals surface area contributed by atoms with Crippen molar-refractivity contribution in [3.05, 3.63) is 23.3 Å². The summed E-state index contributed by atoms with van der Waals surface area (Å²) < 4.78 is 5.34. The largest absolute Gasteiger partial charge is 0.459 e. The molecule has 0 unspecified atom stereocenters. The highest BCUT2D eigenvalue weighted by atomic mass is 16.6. The van der Waals surface area contributed by atoms with Crippen LogP contribution in [0.15, 0.2) is 6.20 Å². The Morgan fingerprint density at radius 1 is 1.37 bits per heavy atom. The average Bonchev–Trinajstić information content (AvgIpc) is 2.92. The van der Waals surface area contributed by atoms with Crippen molar-refractivity contribution in [3.8, 4) is 0 Å². The lowest BCUT2D eigenvalue weighted by Crippen LogP contribution is -2.39. The highest BCUT2D eigenvalue weighted by Crippen LogP contribution is 2.33. The van der Waals surface area contributed by atoms with Crippen LogP contribution in [0.2, 0.25) is 0 Å². The number of carbonyl (C=O) groups is 2. The molecule has 1 aromatic rings. The summed E-state index contributed by atoms with van der Waals surface area (Å²) in [5.74, 6) is 0.752. The smallest absolute Gasteiger partial charge is 0.310 e. The zero-order valence-electron chi connectivity index (χ0n) is 16.2. The quantitative estimate of drug-likeness (QED) is 0.811. The van der Waals surface area contributed by atoms with Gasteiger partial charge in [-0.3, -0.25) is 9.59 Å². The van der Waals surface area contributed by atoms with Gasteiger partial charge in [0.15, 0.2) is 0 Å². The van der Waals surface area contributed by atoms with Gasteiger partial charge in [0, 0.05) is 68.8 Å². The van der Waals surface area contributed by atoms with Crippen LogP contribution in [0.4, 0.5) is 0 Å². The number of hydrogen-bond acceptors (Lipinski definition) is 6. The number of cyclic esters (lactones) is 1. The van der Waals surface area contributed by atoms with E-state index in [1.54, 1.807) is 0 Å². The van der Waals surface area contributed by atoms with E-state index in [1.165, 1.54) is 11.3 Å². The number of rotatable bonds is 3. The van der Waals surface area contributed by atoms with E-state index >= 15 is 0 Å². The van der Waals surface area contributed by atoms with Gasteiger partial charge in [0.05, 0.1) is 5.92 Å². The summed E-state index contributed by atoms with van der Waals surface area (Å²) in [5.41, 5.74) is 1.91. The van der Waals surface area contributed by atoms with E-state index in [2.05, 4.69) is 10.3 Å². The van der Waals surface area contributed by atoms with Gasteiger partial charge in [0.2, 0.25) is 5.91 Å². The maximum atomic E-state index is 12.6. The van der Waals surface area contributed by atoms with Crippen molar-refractivity contribution in [1.29, 1.82) is 0 Å². The van der Waals surface area contributed by atoms with Crippen molar-refractivity contribution < 1.29 is 14.3 Å². The van der Waals surface area contributed by atoms with E-state index in [0.717, 1.165) is 38.2 Å². The lowest BCUT2D eigenvalue weighted by atomic mass is 9.92. The van der Waals surface area contributed by atoms with Gasteiger partial charge in [0.25, 0.3) is 0 Å². The van der Waals surface area contributed by atoms with Gasteiger partial charge in [-0.15, -0.1) is 0 Å². The Bertz CT molecular complexity index is 741. The molecule has 0 aromatic carbocycles. The molecule has 1 N–H and O–H groups in total. The highest BCUT2D eigenvalue weighted by molar-refractivity contribution is 5.84. The Kier molecular flexibility index (Phi) is 4.88. The van der Waals surface area contributed by atoms with Crippen molar-refractivity contribution >= 4 is 11.9 Å². The van der Waals surface area contributed by atoms with Crippen molar-refractivity contribution in [2.24, 2.45) is 5.92 Å². The van der Waals surface area contributed by atoms with Crippen molar-refractivity contribution in [3.63, 3.8) is 0 Å². The molecule has 3 aliphatic rings. The highest BCUT2D eigenvalue weighted by Gasteiger charge is 2.41. The molecule has 7 heteroatoms. The summed E-state index contributed by atoms with van der Waals surface area (Å²) in [6.45, 7) is 7.03. The van der Waals surface area contributed by atoms with E-state index in [-0.39, 0.29) is 24.2 Å². The molecule has 146 valence electrons. The average molecular weight is 372 g/mol. The zero-order chi connectivity index (χ0) is 19.0. The number of hydrogen-bond donors (Lipinski definition) is 1. The molecule has 2 saturated heterocycles. The van der Waals surface area contributed by atoms with Gasteiger partial charge < -0.3 is 15.0 Å². The number of nitrogens with zero attached hydrogens (tertiary/aromatic N) is 3. The first-order valence-corrected chi connectivity index (χ1v) is 9.97. The fraction of sp³-hybridized carbons (Fsp3) is 0.700. The maximum absolute atomic E-state index is 12.6. The van der Waals surface area contributed by atoms with E-state index in [0.29, 0.717) is 25.4 Å². The second-order valence-corrected chi connectivity index (χ2v) is 8.57. The van der Waals surface area contributed by atoms with Crippen LogP contribution in [-0.2, 0) is 27.3 Å². The molecule has 0 radical (unpaired) electrons. The Balaban J connectivity index is 1.32. The molecule has 0 spiro atoms. The lowest BCUT2D eigenvalue weighted by Gasteiger charge is -2.32. The molecule has 7 nitrogen and oxygen atoms in total. The minimum Gasteiger partial charge on any atom is -0.459 e. The topological polar surface area (TPSA) is 84.4 Å². The summed E-state index contributed by atoms with van der Waals surface area (Å²) >= 11 is 0. The van der Waals surface area contributed by atoms with Crippen LogP contribution in [0, 0.1) is 5.92 Å². The number of likely N-dealkylation sites (tertiary alicyclic amines) is 1. The third-order valence-corrected chi connectivity index (χ3v) is 5.91. The predicted octanol–water partition coefficient (Wildman–Crippen LogP) is 1.56. The number of carbonyl (C=O) groups excluding carboxylic acids is 2. The molecule has 4 rings (SSSR count). The van der Waals surface area contributed by atoms with Gasteiger partial charge in [-0.05, 0) is 26.7 Å². The summed E-state index contributed by atoms with van der Waals surface area (Å²) in [6, 6.07) is 0. The number of aromatic nitrogens is 2. The second kappa shape index (κ2) is 7.19. The molecule has 0 bridgehead atoms. The Morgan fingerprint density at radius 3 is 2.85 bits per heavy atom.